The summed E-state index contributed by atoms with van der Waals surface area (Å²) in [5.41, 5.74) is 6.44. The molecule has 2 heteroatoms. The van der Waals surface area contributed by atoms with Crippen LogP contribution in [0.4, 0.5) is 5.69 Å². The second-order valence-electron chi connectivity index (χ2n) is 4.75. The van der Waals surface area contributed by atoms with Crippen molar-refractivity contribution in [2.24, 2.45) is 5.92 Å². The quantitative estimate of drug-likeness (QED) is 0.788. The third-order valence-electron chi connectivity index (χ3n) is 3.49. The molecule has 2 atom stereocenters. The molecule has 0 amide bonds. The van der Waals surface area contributed by atoms with Crippen molar-refractivity contribution in [1.29, 1.82) is 0 Å². The number of hydrogen-bond acceptors (Lipinski definition) is 2. The van der Waals surface area contributed by atoms with Gasteiger partial charge in [0.1, 0.15) is 5.75 Å². The first kappa shape index (κ1) is 11.3. The van der Waals surface area contributed by atoms with Crippen molar-refractivity contribution in [1.82, 2.24) is 0 Å². The number of nitrogens with two attached hydrogens (primary N) is 1. The lowest BCUT2D eigenvalue weighted by Gasteiger charge is -2.28. The van der Waals surface area contributed by atoms with Crippen LogP contribution in [0.3, 0.4) is 0 Å². The minimum atomic E-state index is 0.405. The molecule has 88 valence electrons. The van der Waals surface area contributed by atoms with Gasteiger partial charge in [-0.05, 0) is 49.4 Å². The second kappa shape index (κ2) is 5.24. The van der Waals surface area contributed by atoms with E-state index in [9.17, 15) is 0 Å². The Kier molecular flexibility index (Phi) is 3.70. The van der Waals surface area contributed by atoms with Crippen molar-refractivity contribution in [3.8, 4) is 5.75 Å². The fraction of sp³-hybridized carbons (Fsp3) is 0.571. The topological polar surface area (TPSA) is 35.2 Å². The zero-order valence-electron chi connectivity index (χ0n) is 9.99. The highest BCUT2D eigenvalue weighted by molar-refractivity contribution is 5.41. The van der Waals surface area contributed by atoms with Gasteiger partial charge in [0.15, 0.2) is 0 Å². The predicted octanol–water partition coefficient (Wildman–Crippen LogP) is 3.62. The molecule has 0 aromatic heterocycles. The molecule has 1 aliphatic carbocycles. The van der Waals surface area contributed by atoms with E-state index >= 15 is 0 Å². The molecule has 0 radical (unpaired) electrons. The van der Waals surface area contributed by atoms with Gasteiger partial charge in [-0.15, -0.1) is 0 Å². The molecule has 1 aromatic rings. The van der Waals surface area contributed by atoms with E-state index in [1.807, 2.05) is 24.3 Å². The summed E-state index contributed by atoms with van der Waals surface area (Å²) in [7, 11) is 0. The Bertz CT molecular complexity index is 320. The summed E-state index contributed by atoms with van der Waals surface area (Å²) in [6.07, 6.45) is 6.77. The summed E-state index contributed by atoms with van der Waals surface area (Å²) in [5, 5.41) is 0. The molecule has 2 nitrogen and oxygen atoms in total. The van der Waals surface area contributed by atoms with E-state index in [2.05, 4.69) is 6.92 Å². The van der Waals surface area contributed by atoms with Gasteiger partial charge >= 0.3 is 0 Å². The van der Waals surface area contributed by atoms with E-state index in [-0.39, 0.29) is 0 Å². The molecule has 1 aliphatic rings. The maximum Gasteiger partial charge on any atom is 0.119 e. The molecule has 0 spiro atoms. The summed E-state index contributed by atoms with van der Waals surface area (Å²) in [4.78, 5) is 0. The van der Waals surface area contributed by atoms with Gasteiger partial charge in [0, 0.05) is 5.69 Å². The Labute approximate surface area is 97.8 Å². The van der Waals surface area contributed by atoms with Crippen LogP contribution in [0.15, 0.2) is 24.3 Å². The minimum absolute atomic E-state index is 0.405. The third-order valence-corrected chi connectivity index (χ3v) is 3.49. The lowest BCUT2D eigenvalue weighted by molar-refractivity contribution is 0.122. The predicted molar refractivity (Wildman–Crippen MR) is 67.5 cm³/mol. The zero-order valence-corrected chi connectivity index (χ0v) is 9.99. The Morgan fingerprint density at radius 3 is 2.69 bits per heavy atom. The molecule has 0 bridgehead atoms. The van der Waals surface area contributed by atoms with Crippen molar-refractivity contribution >= 4 is 5.69 Å². The SMILES string of the molecule is CCC1CCCC(Oc2ccc(N)cc2)C1. The maximum atomic E-state index is 5.99. The van der Waals surface area contributed by atoms with Gasteiger partial charge in [-0.2, -0.15) is 0 Å². The number of rotatable bonds is 3. The fourth-order valence-electron chi connectivity index (χ4n) is 2.46. The van der Waals surface area contributed by atoms with Crippen molar-refractivity contribution in [2.75, 3.05) is 5.73 Å². The molecule has 2 unspecified atom stereocenters. The van der Waals surface area contributed by atoms with E-state index in [0.717, 1.165) is 17.4 Å². The summed E-state index contributed by atoms with van der Waals surface area (Å²) in [6.45, 7) is 2.27. The smallest absolute Gasteiger partial charge is 0.119 e. The Balaban J connectivity index is 1.91. The highest BCUT2D eigenvalue weighted by Crippen LogP contribution is 2.29. The normalized spacial score (nSPS) is 25.3. The first-order valence-corrected chi connectivity index (χ1v) is 6.30. The van der Waals surface area contributed by atoms with Crippen molar-refractivity contribution in [2.45, 2.75) is 45.1 Å². The van der Waals surface area contributed by atoms with Crippen LogP contribution in [0.25, 0.3) is 0 Å². The highest BCUT2D eigenvalue weighted by Gasteiger charge is 2.21. The van der Waals surface area contributed by atoms with Crippen LogP contribution in [-0.4, -0.2) is 6.10 Å². The third kappa shape index (κ3) is 2.91. The zero-order chi connectivity index (χ0) is 11.4. The summed E-state index contributed by atoms with van der Waals surface area (Å²) >= 11 is 0. The van der Waals surface area contributed by atoms with Gasteiger partial charge in [0.2, 0.25) is 0 Å². The first-order chi connectivity index (χ1) is 7.78. The van der Waals surface area contributed by atoms with Crippen LogP contribution in [0.2, 0.25) is 0 Å². The van der Waals surface area contributed by atoms with Gasteiger partial charge in [0.05, 0.1) is 6.10 Å². The fourth-order valence-corrected chi connectivity index (χ4v) is 2.46. The van der Waals surface area contributed by atoms with Crippen molar-refractivity contribution < 1.29 is 4.74 Å². The first-order valence-electron chi connectivity index (χ1n) is 6.30. The van der Waals surface area contributed by atoms with E-state index in [1.54, 1.807) is 0 Å². The van der Waals surface area contributed by atoms with E-state index in [4.69, 9.17) is 10.5 Å². The molecule has 0 saturated heterocycles. The molecule has 1 aromatic carbocycles. The standard InChI is InChI=1S/C14H21NO/c1-2-11-4-3-5-14(10-11)16-13-8-6-12(15)7-9-13/h6-9,11,14H,2-5,10,15H2,1H3. The molecule has 2 N–H and O–H groups in total. The molecule has 0 aliphatic heterocycles. The van der Waals surface area contributed by atoms with Crippen LogP contribution in [-0.2, 0) is 0 Å². The maximum absolute atomic E-state index is 5.99. The molecule has 0 heterocycles. The number of benzene rings is 1. The average Bonchev–Trinajstić information content (AvgIpc) is 2.32. The van der Waals surface area contributed by atoms with E-state index in [0.29, 0.717) is 6.10 Å². The summed E-state index contributed by atoms with van der Waals surface area (Å²) in [6, 6.07) is 7.72. The Hall–Kier alpha value is -1.18. The van der Waals surface area contributed by atoms with Crippen LogP contribution >= 0.6 is 0 Å². The van der Waals surface area contributed by atoms with Gasteiger partial charge in [-0.3, -0.25) is 0 Å². The second-order valence-corrected chi connectivity index (χ2v) is 4.75. The van der Waals surface area contributed by atoms with Gasteiger partial charge in [-0.1, -0.05) is 19.8 Å². The molecule has 16 heavy (non-hydrogen) atoms. The van der Waals surface area contributed by atoms with Crippen molar-refractivity contribution in [3.05, 3.63) is 24.3 Å². The number of anilines is 1. The number of nitrogen functional groups attached to an aromatic ring is 1. The average molecular weight is 219 g/mol. The minimum Gasteiger partial charge on any atom is -0.490 e. The van der Waals surface area contributed by atoms with Crippen LogP contribution < -0.4 is 10.5 Å². The molecule has 2 rings (SSSR count). The number of hydrogen-bond donors (Lipinski definition) is 1. The van der Waals surface area contributed by atoms with Crippen LogP contribution in [0, 0.1) is 5.92 Å². The largest absolute Gasteiger partial charge is 0.490 e. The molecular formula is C14H21NO. The lowest BCUT2D eigenvalue weighted by atomic mass is 9.85. The molecule has 1 fully saturated rings. The lowest BCUT2D eigenvalue weighted by Crippen LogP contribution is -2.25. The highest BCUT2D eigenvalue weighted by atomic mass is 16.5. The van der Waals surface area contributed by atoms with Crippen LogP contribution in [0.5, 0.6) is 5.75 Å². The Morgan fingerprint density at radius 1 is 1.25 bits per heavy atom. The van der Waals surface area contributed by atoms with Gasteiger partial charge in [0.25, 0.3) is 0 Å². The number of ether oxygens (including phenoxy) is 1. The van der Waals surface area contributed by atoms with Gasteiger partial charge in [-0.25, -0.2) is 0 Å². The molecule has 1 saturated carbocycles. The van der Waals surface area contributed by atoms with E-state index in [1.165, 1.54) is 32.1 Å². The van der Waals surface area contributed by atoms with Crippen molar-refractivity contribution in [3.63, 3.8) is 0 Å². The van der Waals surface area contributed by atoms with E-state index < -0.39 is 0 Å². The molecular weight excluding hydrogens is 198 g/mol. The summed E-state index contributed by atoms with van der Waals surface area (Å²) < 4.78 is 5.99. The monoisotopic (exact) mass is 219 g/mol. The summed E-state index contributed by atoms with van der Waals surface area (Å²) in [5.74, 6) is 1.81. The van der Waals surface area contributed by atoms with Gasteiger partial charge < -0.3 is 10.5 Å². The van der Waals surface area contributed by atoms with Crippen LogP contribution in [0.1, 0.15) is 39.0 Å². The Morgan fingerprint density at radius 2 is 2.00 bits per heavy atom.